The summed E-state index contributed by atoms with van der Waals surface area (Å²) in [5, 5.41) is 3.35. The third kappa shape index (κ3) is 5.08. The second-order valence-electron chi connectivity index (χ2n) is 6.02. The molecule has 0 saturated carbocycles. The minimum atomic E-state index is -0.370. The zero-order chi connectivity index (χ0) is 19.1. The molecule has 1 heterocycles. The molecule has 0 atom stereocenters. The normalized spacial score (nSPS) is 10.5. The standard InChI is InChI=1S/C19H26N4O3/c1-5-6-9-21-18-16(12(2)22-19(20)23-18)10-14-7-8-15(26-13(3)24)11-17(14)25-4/h7-8,11H,5-6,9-10H2,1-4H3,(H3,20,21,22,23). The van der Waals surface area contributed by atoms with Gasteiger partial charge in [0, 0.05) is 37.2 Å². The van der Waals surface area contributed by atoms with Gasteiger partial charge in [0.2, 0.25) is 5.95 Å². The van der Waals surface area contributed by atoms with Crippen LogP contribution >= 0.6 is 0 Å². The van der Waals surface area contributed by atoms with Crippen molar-refractivity contribution in [2.24, 2.45) is 0 Å². The Kier molecular flexibility index (Phi) is 6.77. The molecule has 0 unspecified atom stereocenters. The summed E-state index contributed by atoms with van der Waals surface area (Å²) in [5.41, 5.74) is 8.54. The maximum Gasteiger partial charge on any atom is 0.308 e. The van der Waals surface area contributed by atoms with Crippen molar-refractivity contribution >= 4 is 17.7 Å². The Morgan fingerprint density at radius 2 is 2.08 bits per heavy atom. The molecule has 0 spiro atoms. The van der Waals surface area contributed by atoms with Gasteiger partial charge in [-0.15, -0.1) is 0 Å². The van der Waals surface area contributed by atoms with Crippen molar-refractivity contribution in [1.29, 1.82) is 0 Å². The Labute approximate surface area is 153 Å². The lowest BCUT2D eigenvalue weighted by molar-refractivity contribution is -0.131. The summed E-state index contributed by atoms with van der Waals surface area (Å²) in [5.74, 6) is 1.71. The van der Waals surface area contributed by atoms with Crippen molar-refractivity contribution in [1.82, 2.24) is 9.97 Å². The Morgan fingerprint density at radius 1 is 1.31 bits per heavy atom. The number of ether oxygens (including phenoxy) is 2. The number of hydrogen-bond donors (Lipinski definition) is 2. The smallest absolute Gasteiger partial charge is 0.308 e. The lowest BCUT2D eigenvalue weighted by Crippen LogP contribution is -2.11. The van der Waals surface area contributed by atoms with Crippen LogP contribution in [0.25, 0.3) is 0 Å². The number of methoxy groups -OCH3 is 1. The zero-order valence-corrected chi connectivity index (χ0v) is 15.8. The number of benzene rings is 1. The molecule has 0 aliphatic carbocycles. The Bertz CT molecular complexity index is 778. The van der Waals surface area contributed by atoms with E-state index in [4.69, 9.17) is 15.2 Å². The van der Waals surface area contributed by atoms with Crippen LogP contribution < -0.4 is 20.5 Å². The molecule has 140 valence electrons. The van der Waals surface area contributed by atoms with Crippen LogP contribution in [-0.4, -0.2) is 29.6 Å². The van der Waals surface area contributed by atoms with E-state index in [1.165, 1.54) is 6.92 Å². The molecule has 0 aliphatic heterocycles. The fourth-order valence-electron chi connectivity index (χ4n) is 2.65. The zero-order valence-electron chi connectivity index (χ0n) is 15.8. The van der Waals surface area contributed by atoms with Gasteiger partial charge in [-0.3, -0.25) is 4.79 Å². The van der Waals surface area contributed by atoms with Gasteiger partial charge in [0.1, 0.15) is 17.3 Å². The summed E-state index contributed by atoms with van der Waals surface area (Å²) >= 11 is 0. The highest BCUT2D eigenvalue weighted by Crippen LogP contribution is 2.29. The van der Waals surface area contributed by atoms with Crippen molar-refractivity contribution in [2.75, 3.05) is 24.7 Å². The van der Waals surface area contributed by atoms with Crippen LogP contribution in [0.3, 0.4) is 0 Å². The molecule has 2 aromatic rings. The van der Waals surface area contributed by atoms with E-state index in [0.29, 0.717) is 17.9 Å². The second kappa shape index (κ2) is 9.03. The second-order valence-corrected chi connectivity index (χ2v) is 6.02. The number of aryl methyl sites for hydroxylation is 1. The molecule has 0 radical (unpaired) electrons. The highest BCUT2D eigenvalue weighted by atomic mass is 16.5. The molecule has 7 heteroatoms. The van der Waals surface area contributed by atoms with E-state index >= 15 is 0 Å². The van der Waals surface area contributed by atoms with Gasteiger partial charge in [-0.25, -0.2) is 4.98 Å². The number of nitrogens with zero attached hydrogens (tertiary/aromatic N) is 2. The minimum Gasteiger partial charge on any atom is -0.496 e. The maximum atomic E-state index is 11.1. The van der Waals surface area contributed by atoms with Gasteiger partial charge in [0.15, 0.2) is 0 Å². The average Bonchev–Trinajstić information content (AvgIpc) is 2.58. The number of hydrogen-bond acceptors (Lipinski definition) is 7. The fourth-order valence-corrected chi connectivity index (χ4v) is 2.65. The number of anilines is 2. The van der Waals surface area contributed by atoms with E-state index in [-0.39, 0.29) is 11.9 Å². The first-order valence-electron chi connectivity index (χ1n) is 8.66. The van der Waals surface area contributed by atoms with Crippen LogP contribution in [0.15, 0.2) is 18.2 Å². The SMILES string of the molecule is CCCCNc1nc(N)nc(C)c1Cc1ccc(OC(C)=O)cc1OC. The summed E-state index contributed by atoms with van der Waals surface area (Å²) < 4.78 is 10.6. The minimum absolute atomic E-state index is 0.252. The quantitative estimate of drug-likeness (QED) is 0.425. The van der Waals surface area contributed by atoms with Crippen LogP contribution in [0.2, 0.25) is 0 Å². The van der Waals surface area contributed by atoms with Gasteiger partial charge >= 0.3 is 5.97 Å². The average molecular weight is 358 g/mol. The van der Waals surface area contributed by atoms with Gasteiger partial charge in [0.05, 0.1) is 7.11 Å². The molecule has 3 N–H and O–H groups in total. The van der Waals surface area contributed by atoms with Crippen LogP contribution in [0.4, 0.5) is 11.8 Å². The van der Waals surface area contributed by atoms with Crippen molar-refractivity contribution in [3.05, 3.63) is 35.0 Å². The molecule has 0 fully saturated rings. The molecule has 26 heavy (non-hydrogen) atoms. The third-order valence-electron chi connectivity index (χ3n) is 3.94. The number of carbonyl (C=O) groups is 1. The lowest BCUT2D eigenvalue weighted by atomic mass is 10.0. The van der Waals surface area contributed by atoms with Gasteiger partial charge in [-0.2, -0.15) is 4.98 Å². The summed E-state index contributed by atoms with van der Waals surface area (Å²) in [6, 6.07) is 5.33. The van der Waals surface area contributed by atoms with Crippen molar-refractivity contribution in [3.8, 4) is 11.5 Å². The maximum absolute atomic E-state index is 11.1. The summed E-state index contributed by atoms with van der Waals surface area (Å²) in [4.78, 5) is 19.8. The molecule has 1 aromatic carbocycles. The van der Waals surface area contributed by atoms with Crippen LogP contribution in [0.1, 0.15) is 43.5 Å². The number of esters is 1. The van der Waals surface area contributed by atoms with E-state index in [0.717, 1.165) is 42.0 Å². The van der Waals surface area contributed by atoms with Crippen molar-refractivity contribution in [2.45, 2.75) is 40.0 Å². The molecule has 0 bridgehead atoms. The third-order valence-corrected chi connectivity index (χ3v) is 3.94. The molecule has 0 amide bonds. The molecule has 1 aromatic heterocycles. The Balaban J connectivity index is 2.33. The Hall–Kier alpha value is -2.83. The number of aromatic nitrogens is 2. The first-order valence-corrected chi connectivity index (χ1v) is 8.66. The van der Waals surface area contributed by atoms with E-state index in [2.05, 4.69) is 22.2 Å². The fraction of sp³-hybridized carbons (Fsp3) is 0.421. The summed E-state index contributed by atoms with van der Waals surface area (Å²) in [7, 11) is 1.59. The Morgan fingerprint density at radius 3 is 2.73 bits per heavy atom. The van der Waals surface area contributed by atoms with Gasteiger partial charge in [-0.05, 0) is 25.0 Å². The number of unbranched alkanes of at least 4 members (excludes halogenated alkanes) is 1. The lowest BCUT2D eigenvalue weighted by Gasteiger charge is -2.16. The largest absolute Gasteiger partial charge is 0.496 e. The number of nitrogen functional groups attached to an aromatic ring is 1. The van der Waals surface area contributed by atoms with Gasteiger partial charge in [0.25, 0.3) is 0 Å². The molecule has 0 saturated heterocycles. The number of nitrogens with one attached hydrogen (secondary N) is 1. The van der Waals surface area contributed by atoms with Crippen molar-refractivity contribution < 1.29 is 14.3 Å². The molecule has 0 aliphatic rings. The van der Waals surface area contributed by atoms with Crippen LogP contribution in [-0.2, 0) is 11.2 Å². The highest BCUT2D eigenvalue weighted by Gasteiger charge is 2.15. The van der Waals surface area contributed by atoms with E-state index in [1.807, 2.05) is 13.0 Å². The monoisotopic (exact) mass is 358 g/mol. The van der Waals surface area contributed by atoms with E-state index in [9.17, 15) is 4.79 Å². The van der Waals surface area contributed by atoms with Crippen LogP contribution in [0.5, 0.6) is 11.5 Å². The van der Waals surface area contributed by atoms with E-state index < -0.39 is 0 Å². The summed E-state index contributed by atoms with van der Waals surface area (Å²) in [6.45, 7) is 6.24. The first kappa shape index (κ1) is 19.5. The van der Waals surface area contributed by atoms with Crippen molar-refractivity contribution in [3.63, 3.8) is 0 Å². The van der Waals surface area contributed by atoms with Crippen LogP contribution in [0, 0.1) is 6.92 Å². The number of rotatable bonds is 8. The number of carbonyl (C=O) groups excluding carboxylic acids is 1. The predicted molar refractivity (Wildman–Crippen MR) is 102 cm³/mol. The molecular formula is C19H26N4O3. The van der Waals surface area contributed by atoms with Gasteiger partial charge < -0.3 is 20.5 Å². The predicted octanol–water partition coefficient (Wildman–Crippen LogP) is 3.10. The summed E-state index contributed by atoms with van der Waals surface area (Å²) in [6.07, 6.45) is 2.71. The van der Waals surface area contributed by atoms with Gasteiger partial charge in [-0.1, -0.05) is 19.4 Å². The molecule has 7 nitrogen and oxygen atoms in total. The molecular weight excluding hydrogens is 332 g/mol. The molecule has 2 rings (SSSR count). The first-order chi connectivity index (χ1) is 12.4. The number of nitrogens with two attached hydrogens (primary N) is 1. The highest BCUT2D eigenvalue weighted by molar-refractivity contribution is 5.69. The van der Waals surface area contributed by atoms with E-state index in [1.54, 1.807) is 19.2 Å². The topological polar surface area (TPSA) is 99.4 Å².